The van der Waals surface area contributed by atoms with Gasteiger partial charge in [-0.3, -0.25) is 4.90 Å². The van der Waals surface area contributed by atoms with Crippen LogP contribution in [0.15, 0.2) is 22.8 Å². The van der Waals surface area contributed by atoms with Gasteiger partial charge in [0.15, 0.2) is 0 Å². The molecule has 2 fully saturated rings. The van der Waals surface area contributed by atoms with Crippen LogP contribution in [-0.4, -0.2) is 55.6 Å². The first kappa shape index (κ1) is 14.1. The van der Waals surface area contributed by atoms with E-state index in [4.69, 9.17) is 4.42 Å². The van der Waals surface area contributed by atoms with E-state index in [2.05, 4.69) is 35.3 Å². The van der Waals surface area contributed by atoms with Crippen molar-refractivity contribution in [2.45, 2.75) is 43.8 Å². The van der Waals surface area contributed by atoms with E-state index in [-0.39, 0.29) is 0 Å². The van der Waals surface area contributed by atoms with Gasteiger partial charge in [0.05, 0.1) is 12.3 Å². The molecule has 2 aliphatic heterocycles. The molecule has 20 heavy (non-hydrogen) atoms. The molecule has 0 saturated carbocycles. The Bertz CT molecular complexity index is 404. The number of hydrogen-bond donors (Lipinski definition) is 1. The molecule has 0 aliphatic carbocycles. The number of hydrogen-bond acceptors (Lipinski definition) is 4. The Morgan fingerprint density at radius 3 is 3.05 bits per heavy atom. The van der Waals surface area contributed by atoms with Crippen LogP contribution >= 0.6 is 0 Å². The van der Waals surface area contributed by atoms with Gasteiger partial charge >= 0.3 is 0 Å². The lowest BCUT2D eigenvalue weighted by atomic mass is 9.97. The van der Waals surface area contributed by atoms with Crippen LogP contribution in [0.5, 0.6) is 0 Å². The Balaban J connectivity index is 1.53. The maximum Gasteiger partial charge on any atom is 0.122 e. The molecule has 4 heteroatoms. The lowest BCUT2D eigenvalue weighted by Crippen LogP contribution is -2.47. The third-order valence-corrected chi connectivity index (χ3v) is 4.92. The largest absolute Gasteiger partial charge is 0.468 e. The van der Waals surface area contributed by atoms with Gasteiger partial charge in [-0.2, -0.15) is 0 Å². The van der Waals surface area contributed by atoms with Crippen LogP contribution in [0.1, 0.15) is 37.5 Å². The third-order valence-electron chi connectivity index (χ3n) is 4.92. The lowest BCUT2D eigenvalue weighted by Gasteiger charge is -2.36. The van der Waals surface area contributed by atoms with Gasteiger partial charge < -0.3 is 14.6 Å². The summed E-state index contributed by atoms with van der Waals surface area (Å²) >= 11 is 0. The van der Waals surface area contributed by atoms with Crippen molar-refractivity contribution in [1.29, 1.82) is 0 Å². The molecule has 0 amide bonds. The fourth-order valence-corrected chi connectivity index (χ4v) is 3.71. The van der Waals surface area contributed by atoms with E-state index >= 15 is 0 Å². The van der Waals surface area contributed by atoms with Gasteiger partial charge in [0, 0.05) is 18.6 Å². The number of nitrogens with one attached hydrogen (secondary N) is 1. The predicted molar refractivity (Wildman–Crippen MR) is 80.8 cm³/mol. The number of piperidine rings is 1. The van der Waals surface area contributed by atoms with E-state index in [9.17, 15) is 0 Å². The SMILES string of the molecule is CN(C)C(CNC1CCN2CCCC2C1)c1ccco1. The molecular formula is C16H27N3O. The summed E-state index contributed by atoms with van der Waals surface area (Å²) in [5, 5.41) is 3.78. The summed E-state index contributed by atoms with van der Waals surface area (Å²) in [5.41, 5.74) is 0. The molecule has 1 aromatic rings. The molecular weight excluding hydrogens is 250 g/mol. The molecule has 3 heterocycles. The minimum Gasteiger partial charge on any atom is -0.468 e. The van der Waals surface area contributed by atoms with E-state index in [0.29, 0.717) is 12.1 Å². The highest BCUT2D eigenvalue weighted by Gasteiger charge is 2.31. The number of rotatable bonds is 5. The van der Waals surface area contributed by atoms with Crippen LogP contribution in [0.2, 0.25) is 0 Å². The molecule has 1 aromatic heterocycles. The second-order valence-corrected chi connectivity index (χ2v) is 6.46. The van der Waals surface area contributed by atoms with Crippen molar-refractivity contribution < 1.29 is 4.42 Å². The zero-order valence-electron chi connectivity index (χ0n) is 12.7. The van der Waals surface area contributed by atoms with Crippen LogP contribution in [0.4, 0.5) is 0 Å². The molecule has 0 bridgehead atoms. The lowest BCUT2D eigenvalue weighted by molar-refractivity contribution is 0.158. The quantitative estimate of drug-likeness (QED) is 0.893. The van der Waals surface area contributed by atoms with Crippen LogP contribution < -0.4 is 5.32 Å². The topological polar surface area (TPSA) is 31.6 Å². The maximum atomic E-state index is 5.58. The minimum absolute atomic E-state index is 0.326. The Labute approximate surface area is 122 Å². The molecule has 2 saturated heterocycles. The van der Waals surface area contributed by atoms with Crippen molar-refractivity contribution in [1.82, 2.24) is 15.1 Å². The summed E-state index contributed by atoms with van der Waals surface area (Å²) in [6.45, 7) is 3.57. The molecule has 0 spiro atoms. The maximum absolute atomic E-state index is 5.58. The second-order valence-electron chi connectivity index (χ2n) is 6.46. The van der Waals surface area contributed by atoms with Crippen molar-refractivity contribution in [3.05, 3.63) is 24.2 Å². The average Bonchev–Trinajstić information content (AvgIpc) is 3.08. The zero-order valence-corrected chi connectivity index (χ0v) is 12.7. The summed E-state index contributed by atoms with van der Waals surface area (Å²) in [6.07, 6.45) is 7.16. The van der Waals surface area contributed by atoms with Gasteiger partial charge in [0.1, 0.15) is 5.76 Å². The van der Waals surface area contributed by atoms with Crippen LogP contribution in [0, 0.1) is 0 Å². The smallest absolute Gasteiger partial charge is 0.122 e. The van der Waals surface area contributed by atoms with Gasteiger partial charge in [-0.25, -0.2) is 0 Å². The van der Waals surface area contributed by atoms with Gasteiger partial charge in [0.25, 0.3) is 0 Å². The van der Waals surface area contributed by atoms with Gasteiger partial charge in [-0.1, -0.05) is 0 Å². The van der Waals surface area contributed by atoms with Crippen molar-refractivity contribution in [3.8, 4) is 0 Å². The monoisotopic (exact) mass is 277 g/mol. The van der Waals surface area contributed by atoms with Crippen molar-refractivity contribution >= 4 is 0 Å². The molecule has 3 unspecified atom stereocenters. The standard InChI is InChI=1S/C16H27N3O/c1-18(2)15(16-6-4-10-20-16)12-17-13-7-9-19-8-3-5-14(19)11-13/h4,6,10,13-15,17H,3,5,7-9,11-12H2,1-2H3. The average molecular weight is 277 g/mol. The Kier molecular flexibility index (Phi) is 4.44. The van der Waals surface area contributed by atoms with Gasteiger partial charge in [-0.15, -0.1) is 0 Å². The first-order chi connectivity index (χ1) is 9.74. The molecule has 2 aliphatic rings. The van der Waals surface area contributed by atoms with Crippen molar-refractivity contribution in [3.63, 3.8) is 0 Å². The molecule has 1 N–H and O–H groups in total. The molecule has 0 radical (unpaired) electrons. The first-order valence-corrected chi connectivity index (χ1v) is 7.91. The molecule has 4 nitrogen and oxygen atoms in total. The van der Waals surface area contributed by atoms with E-state index in [1.165, 1.54) is 38.8 Å². The number of fused-ring (bicyclic) bond motifs is 1. The fourth-order valence-electron chi connectivity index (χ4n) is 3.71. The Morgan fingerprint density at radius 2 is 2.30 bits per heavy atom. The number of likely N-dealkylation sites (N-methyl/N-ethyl adjacent to an activating group) is 1. The van der Waals surface area contributed by atoms with Crippen LogP contribution in [0.3, 0.4) is 0 Å². The van der Waals surface area contributed by atoms with Crippen molar-refractivity contribution in [2.24, 2.45) is 0 Å². The summed E-state index contributed by atoms with van der Waals surface area (Å²) in [4.78, 5) is 4.91. The van der Waals surface area contributed by atoms with Crippen LogP contribution in [-0.2, 0) is 0 Å². The summed E-state index contributed by atoms with van der Waals surface area (Å²) in [7, 11) is 4.24. The third kappa shape index (κ3) is 3.08. The normalized spacial score (nSPS) is 28.8. The summed E-state index contributed by atoms with van der Waals surface area (Å²) < 4.78 is 5.58. The van der Waals surface area contributed by atoms with E-state index in [1.807, 2.05) is 6.07 Å². The highest BCUT2D eigenvalue weighted by Crippen LogP contribution is 2.27. The van der Waals surface area contributed by atoms with E-state index in [0.717, 1.165) is 18.3 Å². The van der Waals surface area contributed by atoms with Gasteiger partial charge in [-0.05, 0) is 65.0 Å². The van der Waals surface area contributed by atoms with E-state index < -0.39 is 0 Å². The Morgan fingerprint density at radius 1 is 1.40 bits per heavy atom. The Hall–Kier alpha value is -0.840. The summed E-state index contributed by atoms with van der Waals surface area (Å²) in [5.74, 6) is 1.06. The highest BCUT2D eigenvalue weighted by molar-refractivity contribution is 5.05. The molecule has 112 valence electrons. The summed E-state index contributed by atoms with van der Waals surface area (Å²) in [6, 6.07) is 5.88. The fraction of sp³-hybridized carbons (Fsp3) is 0.750. The predicted octanol–water partition coefficient (Wildman–Crippen LogP) is 2.10. The molecule has 0 aromatic carbocycles. The second kappa shape index (κ2) is 6.29. The van der Waals surface area contributed by atoms with Gasteiger partial charge in [0.2, 0.25) is 0 Å². The van der Waals surface area contributed by atoms with Crippen LogP contribution in [0.25, 0.3) is 0 Å². The highest BCUT2D eigenvalue weighted by atomic mass is 16.3. The number of furan rings is 1. The molecule has 3 rings (SSSR count). The van der Waals surface area contributed by atoms with Crippen molar-refractivity contribution in [2.75, 3.05) is 33.7 Å². The van der Waals surface area contributed by atoms with E-state index in [1.54, 1.807) is 6.26 Å². The zero-order chi connectivity index (χ0) is 13.9. The minimum atomic E-state index is 0.326. The first-order valence-electron chi connectivity index (χ1n) is 7.91. The number of nitrogens with zero attached hydrogens (tertiary/aromatic N) is 2. The molecule has 3 atom stereocenters.